The lowest BCUT2D eigenvalue weighted by molar-refractivity contribution is 0.414. The molecule has 1 N–H and O–H groups in total. The lowest BCUT2D eigenvalue weighted by Crippen LogP contribution is -2.09. The Kier molecular flexibility index (Phi) is 4.29. The average molecular weight is 370 g/mol. The number of H-pyrrole nitrogens is 1. The Hall–Kier alpha value is -2.58. The first-order chi connectivity index (χ1) is 12.2. The molecule has 6 nitrogen and oxygen atoms in total. The van der Waals surface area contributed by atoms with Crippen LogP contribution in [0.3, 0.4) is 0 Å². The predicted octanol–water partition coefficient (Wildman–Crippen LogP) is 3.47. The van der Waals surface area contributed by atoms with E-state index in [1.54, 1.807) is 13.3 Å². The summed E-state index contributed by atoms with van der Waals surface area (Å²) in [6, 6.07) is 9.64. The summed E-state index contributed by atoms with van der Waals surface area (Å²) in [6.45, 7) is 0. The molecule has 0 radical (unpaired) electrons. The van der Waals surface area contributed by atoms with Gasteiger partial charge in [0.05, 0.1) is 24.1 Å². The summed E-state index contributed by atoms with van der Waals surface area (Å²) in [6.07, 6.45) is 3.65. The van der Waals surface area contributed by atoms with Crippen molar-refractivity contribution in [3.05, 3.63) is 64.3 Å². The Labute approximate surface area is 151 Å². The van der Waals surface area contributed by atoms with E-state index in [0.29, 0.717) is 16.3 Å². The van der Waals surface area contributed by atoms with Crippen molar-refractivity contribution in [1.29, 1.82) is 0 Å². The molecule has 4 rings (SSSR count). The van der Waals surface area contributed by atoms with Gasteiger partial charge in [0.2, 0.25) is 0 Å². The van der Waals surface area contributed by atoms with Crippen molar-refractivity contribution in [1.82, 2.24) is 19.5 Å². The quantitative estimate of drug-likeness (QED) is 0.545. The van der Waals surface area contributed by atoms with E-state index < -0.39 is 0 Å². The molecule has 4 aromatic rings. The fraction of sp³-hybridized carbons (Fsp3) is 0.118. The number of thioether (sulfide) groups is 1. The van der Waals surface area contributed by atoms with Gasteiger partial charge >= 0.3 is 0 Å². The van der Waals surface area contributed by atoms with E-state index in [2.05, 4.69) is 15.0 Å². The zero-order valence-electron chi connectivity index (χ0n) is 13.3. The Morgan fingerprint density at radius 1 is 1.36 bits per heavy atom. The van der Waals surface area contributed by atoms with Crippen LogP contribution in [0.4, 0.5) is 0 Å². The molecule has 3 heterocycles. The molecule has 1 aromatic carbocycles. The van der Waals surface area contributed by atoms with Crippen LogP contribution in [0.1, 0.15) is 5.82 Å². The number of nitrogens with one attached hydrogen (secondary N) is 1. The summed E-state index contributed by atoms with van der Waals surface area (Å²) in [5, 5.41) is 2.69. The smallest absolute Gasteiger partial charge is 0.268 e. The molecule has 8 heteroatoms. The van der Waals surface area contributed by atoms with Crippen LogP contribution in [-0.2, 0) is 5.75 Å². The van der Waals surface area contributed by atoms with Gasteiger partial charge in [0.25, 0.3) is 5.56 Å². The van der Waals surface area contributed by atoms with E-state index in [4.69, 9.17) is 4.74 Å². The summed E-state index contributed by atoms with van der Waals surface area (Å²) in [4.78, 5) is 23.8. The number of nitrogens with zero attached hydrogens (tertiary/aromatic N) is 3. The van der Waals surface area contributed by atoms with Crippen molar-refractivity contribution in [2.24, 2.45) is 0 Å². The summed E-state index contributed by atoms with van der Waals surface area (Å²) in [5.74, 6) is 1.96. The van der Waals surface area contributed by atoms with Gasteiger partial charge in [-0.3, -0.25) is 9.36 Å². The van der Waals surface area contributed by atoms with Crippen LogP contribution in [0, 0.1) is 0 Å². The molecule has 0 bridgehead atoms. The average Bonchev–Trinajstić information content (AvgIpc) is 3.29. The monoisotopic (exact) mass is 370 g/mol. The van der Waals surface area contributed by atoms with Gasteiger partial charge in [0, 0.05) is 18.5 Å². The number of methoxy groups -OCH3 is 1. The number of fused-ring (bicyclic) bond motifs is 1. The van der Waals surface area contributed by atoms with Gasteiger partial charge in [-0.25, -0.2) is 9.97 Å². The van der Waals surface area contributed by atoms with Crippen LogP contribution in [0.2, 0.25) is 0 Å². The molecule has 3 aromatic heterocycles. The molecule has 0 spiro atoms. The van der Waals surface area contributed by atoms with Gasteiger partial charge < -0.3 is 9.72 Å². The standard InChI is InChI=1S/C17H14N4O2S2/c1-23-12-4-2-3-11(9-12)21-7-6-18-17(21)25-10-14-19-13-5-8-24-15(13)16(22)20-14/h2-9H,10H2,1H3,(H,19,20,22). The predicted molar refractivity (Wildman–Crippen MR) is 99.9 cm³/mol. The van der Waals surface area contributed by atoms with E-state index >= 15 is 0 Å². The van der Waals surface area contributed by atoms with Gasteiger partial charge in [-0.2, -0.15) is 0 Å². The SMILES string of the molecule is COc1cccc(-n2ccnc2SCc2nc3ccsc3c(=O)[nH]2)c1. The molecule has 0 atom stereocenters. The first-order valence-electron chi connectivity index (χ1n) is 7.51. The maximum absolute atomic E-state index is 12.1. The molecule has 0 aliphatic heterocycles. The highest BCUT2D eigenvalue weighted by atomic mass is 32.2. The second-order valence-electron chi connectivity index (χ2n) is 5.22. The molecule has 0 unspecified atom stereocenters. The lowest BCUT2D eigenvalue weighted by atomic mass is 10.3. The Balaban J connectivity index is 1.59. The summed E-state index contributed by atoms with van der Waals surface area (Å²) in [5.41, 5.74) is 1.61. The molecular weight excluding hydrogens is 356 g/mol. The molecule has 0 aliphatic rings. The Morgan fingerprint density at radius 2 is 2.28 bits per heavy atom. The molecule has 25 heavy (non-hydrogen) atoms. The number of hydrogen-bond donors (Lipinski definition) is 1. The van der Waals surface area contributed by atoms with Crippen LogP contribution in [0.25, 0.3) is 15.9 Å². The normalized spacial score (nSPS) is 11.1. The molecule has 0 aliphatic carbocycles. The fourth-order valence-electron chi connectivity index (χ4n) is 2.48. The van der Waals surface area contributed by atoms with E-state index in [-0.39, 0.29) is 5.56 Å². The highest BCUT2D eigenvalue weighted by Crippen LogP contribution is 2.25. The van der Waals surface area contributed by atoms with Gasteiger partial charge in [-0.15, -0.1) is 11.3 Å². The number of hydrogen-bond acceptors (Lipinski definition) is 6. The summed E-state index contributed by atoms with van der Waals surface area (Å²) >= 11 is 2.92. The second-order valence-corrected chi connectivity index (χ2v) is 7.08. The third-order valence-electron chi connectivity index (χ3n) is 3.64. The second kappa shape index (κ2) is 6.73. The number of thiophene rings is 1. The van der Waals surface area contributed by atoms with Gasteiger partial charge in [-0.1, -0.05) is 17.8 Å². The highest BCUT2D eigenvalue weighted by Gasteiger charge is 2.10. The van der Waals surface area contributed by atoms with Crippen molar-refractivity contribution < 1.29 is 4.74 Å². The maximum Gasteiger partial charge on any atom is 0.268 e. The number of aromatic amines is 1. The van der Waals surface area contributed by atoms with E-state index in [1.807, 2.05) is 46.5 Å². The van der Waals surface area contributed by atoms with Crippen LogP contribution < -0.4 is 10.3 Å². The zero-order valence-corrected chi connectivity index (χ0v) is 14.9. The summed E-state index contributed by atoms with van der Waals surface area (Å²) in [7, 11) is 1.64. The van der Waals surface area contributed by atoms with Crippen molar-refractivity contribution >= 4 is 33.3 Å². The third-order valence-corrected chi connectivity index (χ3v) is 5.52. The topological polar surface area (TPSA) is 72.8 Å². The summed E-state index contributed by atoms with van der Waals surface area (Å²) < 4.78 is 7.92. The van der Waals surface area contributed by atoms with Crippen LogP contribution in [-0.4, -0.2) is 26.6 Å². The first kappa shape index (κ1) is 15.9. The Bertz CT molecular complexity index is 1080. The minimum Gasteiger partial charge on any atom is -0.497 e. The lowest BCUT2D eigenvalue weighted by Gasteiger charge is -2.09. The van der Waals surface area contributed by atoms with Crippen LogP contribution in [0.5, 0.6) is 5.75 Å². The number of ether oxygens (including phenoxy) is 1. The fourth-order valence-corrected chi connectivity index (χ4v) is 4.05. The van der Waals surface area contributed by atoms with E-state index in [1.165, 1.54) is 23.1 Å². The maximum atomic E-state index is 12.1. The minimum absolute atomic E-state index is 0.0910. The molecule has 0 saturated carbocycles. The van der Waals surface area contributed by atoms with Crippen molar-refractivity contribution in [3.63, 3.8) is 0 Å². The van der Waals surface area contributed by atoms with Crippen molar-refractivity contribution in [3.8, 4) is 11.4 Å². The third kappa shape index (κ3) is 3.18. The zero-order chi connectivity index (χ0) is 17.2. The number of rotatable bonds is 5. The van der Waals surface area contributed by atoms with Gasteiger partial charge in [-0.05, 0) is 23.6 Å². The number of benzene rings is 1. The molecule has 0 amide bonds. The van der Waals surface area contributed by atoms with E-state index in [9.17, 15) is 4.79 Å². The van der Waals surface area contributed by atoms with E-state index in [0.717, 1.165) is 22.1 Å². The molecule has 126 valence electrons. The van der Waals surface area contributed by atoms with Crippen LogP contribution >= 0.6 is 23.1 Å². The molecule has 0 fully saturated rings. The first-order valence-corrected chi connectivity index (χ1v) is 9.38. The Morgan fingerprint density at radius 3 is 3.16 bits per heavy atom. The number of imidazole rings is 1. The molecule has 0 saturated heterocycles. The van der Waals surface area contributed by atoms with Crippen LogP contribution in [0.15, 0.2) is 58.1 Å². The van der Waals surface area contributed by atoms with Crippen molar-refractivity contribution in [2.45, 2.75) is 10.9 Å². The van der Waals surface area contributed by atoms with Gasteiger partial charge in [0.15, 0.2) is 5.16 Å². The molecular formula is C17H14N4O2S2. The van der Waals surface area contributed by atoms with Crippen molar-refractivity contribution in [2.75, 3.05) is 7.11 Å². The largest absolute Gasteiger partial charge is 0.497 e. The minimum atomic E-state index is -0.0910. The number of aromatic nitrogens is 4. The van der Waals surface area contributed by atoms with Gasteiger partial charge in [0.1, 0.15) is 16.3 Å². The highest BCUT2D eigenvalue weighted by molar-refractivity contribution is 7.98.